The van der Waals surface area contributed by atoms with Crippen molar-refractivity contribution in [2.24, 2.45) is 11.8 Å². The van der Waals surface area contributed by atoms with Gasteiger partial charge in [0, 0.05) is 13.1 Å². The first-order chi connectivity index (χ1) is 8.99. The van der Waals surface area contributed by atoms with Crippen molar-refractivity contribution in [3.8, 4) is 0 Å². The average Bonchev–Trinajstić information content (AvgIpc) is 2.36. The van der Waals surface area contributed by atoms with Crippen molar-refractivity contribution in [1.82, 2.24) is 9.62 Å². The molecule has 1 aliphatic rings. The second-order valence-electron chi connectivity index (χ2n) is 5.82. The number of rotatable bonds is 8. The third-order valence-electron chi connectivity index (χ3n) is 3.93. The Hall–Kier alpha value is -0.130. The molecule has 1 N–H and O–H groups in total. The van der Waals surface area contributed by atoms with Crippen LogP contribution in [0.25, 0.3) is 0 Å². The molecule has 5 heteroatoms. The van der Waals surface area contributed by atoms with Crippen LogP contribution >= 0.6 is 0 Å². The number of hydrogen-bond acceptors (Lipinski definition) is 3. The van der Waals surface area contributed by atoms with Crippen LogP contribution in [0.2, 0.25) is 0 Å². The summed E-state index contributed by atoms with van der Waals surface area (Å²) in [5.74, 6) is 1.23. The fourth-order valence-corrected chi connectivity index (χ4v) is 4.64. The third-order valence-corrected chi connectivity index (χ3v) is 6.07. The Morgan fingerprint density at radius 1 is 1.26 bits per heavy atom. The molecule has 1 saturated heterocycles. The van der Waals surface area contributed by atoms with E-state index in [1.54, 1.807) is 4.31 Å². The fraction of sp³-hybridized carbons (Fsp3) is 1.00. The Balaban J connectivity index is 2.40. The van der Waals surface area contributed by atoms with E-state index in [1.807, 2.05) is 6.92 Å². The van der Waals surface area contributed by atoms with Crippen LogP contribution in [-0.2, 0) is 10.0 Å². The molecule has 4 nitrogen and oxygen atoms in total. The molecular weight excluding hydrogens is 260 g/mol. The van der Waals surface area contributed by atoms with Crippen LogP contribution in [-0.4, -0.2) is 44.7 Å². The van der Waals surface area contributed by atoms with Gasteiger partial charge in [-0.25, -0.2) is 12.7 Å². The highest BCUT2D eigenvalue weighted by Crippen LogP contribution is 2.21. The van der Waals surface area contributed by atoms with Gasteiger partial charge < -0.3 is 5.32 Å². The third kappa shape index (κ3) is 5.79. The van der Waals surface area contributed by atoms with E-state index < -0.39 is 10.0 Å². The Morgan fingerprint density at radius 2 is 1.89 bits per heavy atom. The summed E-state index contributed by atoms with van der Waals surface area (Å²) in [6, 6.07) is 0. The van der Waals surface area contributed by atoms with Gasteiger partial charge in [0.2, 0.25) is 10.0 Å². The standard InChI is InChI=1S/C14H30N2O2S/c1-4-6-13(3)12-19(17,18)16-9-7-14(8-10-16)11-15-5-2/h13-15H,4-12H2,1-3H3. The maximum Gasteiger partial charge on any atom is 0.214 e. The molecule has 0 aromatic heterocycles. The van der Waals surface area contributed by atoms with Gasteiger partial charge in [-0.2, -0.15) is 0 Å². The van der Waals surface area contributed by atoms with Gasteiger partial charge in [0.15, 0.2) is 0 Å². The van der Waals surface area contributed by atoms with E-state index in [2.05, 4.69) is 19.2 Å². The summed E-state index contributed by atoms with van der Waals surface area (Å²) < 4.78 is 26.3. The van der Waals surface area contributed by atoms with Gasteiger partial charge in [0.1, 0.15) is 0 Å². The largest absolute Gasteiger partial charge is 0.317 e. The van der Waals surface area contributed by atoms with Crippen LogP contribution < -0.4 is 5.32 Å². The summed E-state index contributed by atoms with van der Waals surface area (Å²) in [5.41, 5.74) is 0. The van der Waals surface area contributed by atoms with Gasteiger partial charge in [-0.15, -0.1) is 0 Å². The Labute approximate surface area is 119 Å². The van der Waals surface area contributed by atoms with E-state index in [-0.39, 0.29) is 5.92 Å². The highest BCUT2D eigenvalue weighted by molar-refractivity contribution is 7.89. The summed E-state index contributed by atoms with van der Waals surface area (Å²) >= 11 is 0. The summed E-state index contributed by atoms with van der Waals surface area (Å²) in [7, 11) is -3.04. The first-order valence-corrected chi connectivity index (χ1v) is 9.29. The van der Waals surface area contributed by atoms with Crippen LogP contribution in [0.3, 0.4) is 0 Å². The number of nitrogens with zero attached hydrogens (tertiary/aromatic N) is 1. The molecule has 0 saturated carbocycles. The lowest BCUT2D eigenvalue weighted by Crippen LogP contribution is -2.42. The smallest absolute Gasteiger partial charge is 0.214 e. The topological polar surface area (TPSA) is 49.4 Å². The van der Waals surface area contributed by atoms with Crippen molar-refractivity contribution in [3.63, 3.8) is 0 Å². The monoisotopic (exact) mass is 290 g/mol. The zero-order valence-corrected chi connectivity index (χ0v) is 13.5. The number of hydrogen-bond donors (Lipinski definition) is 1. The van der Waals surface area contributed by atoms with Gasteiger partial charge in [-0.05, 0) is 44.2 Å². The molecule has 1 fully saturated rings. The van der Waals surface area contributed by atoms with Crippen molar-refractivity contribution in [1.29, 1.82) is 0 Å². The molecule has 1 rings (SSSR count). The molecule has 0 aliphatic carbocycles. The normalized spacial score (nSPS) is 20.6. The van der Waals surface area contributed by atoms with Crippen molar-refractivity contribution < 1.29 is 8.42 Å². The fourth-order valence-electron chi connectivity index (χ4n) is 2.78. The van der Waals surface area contributed by atoms with Crippen LogP contribution in [0, 0.1) is 11.8 Å². The molecule has 1 heterocycles. The van der Waals surface area contributed by atoms with Gasteiger partial charge in [0.05, 0.1) is 5.75 Å². The number of sulfonamides is 1. The Kier molecular flexibility index (Phi) is 7.32. The van der Waals surface area contributed by atoms with E-state index >= 15 is 0 Å². The number of nitrogens with one attached hydrogen (secondary N) is 1. The number of piperidine rings is 1. The van der Waals surface area contributed by atoms with Gasteiger partial charge >= 0.3 is 0 Å². The summed E-state index contributed by atoms with van der Waals surface area (Å²) in [6.07, 6.45) is 4.04. The molecule has 0 aromatic rings. The van der Waals surface area contributed by atoms with Crippen LogP contribution in [0.5, 0.6) is 0 Å². The maximum atomic E-state index is 12.3. The molecule has 114 valence electrons. The molecule has 0 radical (unpaired) electrons. The van der Waals surface area contributed by atoms with E-state index in [4.69, 9.17) is 0 Å². The van der Waals surface area contributed by atoms with Crippen molar-refractivity contribution in [3.05, 3.63) is 0 Å². The predicted molar refractivity (Wildman–Crippen MR) is 80.7 cm³/mol. The zero-order chi connectivity index (χ0) is 14.3. The first-order valence-electron chi connectivity index (χ1n) is 7.68. The minimum absolute atomic E-state index is 0.273. The summed E-state index contributed by atoms with van der Waals surface area (Å²) in [4.78, 5) is 0. The lowest BCUT2D eigenvalue weighted by atomic mass is 9.98. The first kappa shape index (κ1) is 16.9. The average molecular weight is 290 g/mol. The molecule has 19 heavy (non-hydrogen) atoms. The predicted octanol–water partition coefficient (Wildman–Crippen LogP) is 2.07. The lowest BCUT2D eigenvalue weighted by Gasteiger charge is -2.32. The molecule has 0 bridgehead atoms. The molecule has 1 aliphatic heterocycles. The van der Waals surface area contributed by atoms with Crippen molar-refractivity contribution >= 4 is 10.0 Å². The zero-order valence-electron chi connectivity index (χ0n) is 12.7. The highest BCUT2D eigenvalue weighted by Gasteiger charge is 2.28. The second kappa shape index (κ2) is 8.22. The lowest BCUT2D eigenvalue weighted by molar-refractivity contribution is 0.267. The van der Waals surface area contributed by atoms with Gasteiger partial charge in [0.25, 0.3) is 0 Å². The van der Waals surface area contributed by atoms with Crippen LogP contribution in [0.1, 0.15) is 46.5 Å². The summed E-state index contributed by atoms with van der Waals surface area (Å²) in [6.45, 7) is 9.68. The van der Waals surface area contributed by atoms with Crippen molar-refractivity contribution in [2.75, 3.05) is 31.9 Å². The SMILES string of the molecule is CCCC(C)CS(=O)(=O)N1CCC(CNCC)CC1. The quantitative estimate of drug-likeness (QED) is 0.744. The van der Waals surface area contributed by atoms with Crippen LogP contribution in [0.15, 0.2) is 0 Å². The van der Waals surface area contributed by atoms with Gasteiger partial charge in [-0.3, -0.25) is 0 Å². The minimum atomic E-state index is -3.04. The molecule has 0 spiro atoms. The maximum absolute atomic E-state index is 12.3. The molecular formula is C14H30N2O2S. The minimum Gasteiger partial charge on any atom is -0.317 e. The molecule has 1 unspecified atom stereocenters. The van der Waals surface area contributed by atoms with E-state index in [9.17, 15) is 8.42 Å². The van der Waals surface area contributed by atoms with Crippen LogP contribution in [0.4, 0.5) is 0 Å². The Bertz CT molecular complexity index is 335. The summed E-state index contributed by atoms with van der Waals surface area (Å²) in [5, 5.41) is 3.35. The van der Waals surface area contributed by atoms with Gasteiger partial charge in [-0.1, -0.05) is 27.2 Å². The molecule has 0 aromatic carbocycles. The molecule has 1 atom stereocenters. The van der Waals surface area contributed by atoms with E-state index in [0.29, 0.717) is 24.8 Å². The van der Waals surface area contributed by atoms with E-state index in [1.165, 1.54) is 0 Å². The van der Waals surface area contributed by atoms with E-state index in [0.717, 1.165) is 38.8 Å². The second-order valence-corrected chi connectivity index (χ2v) is 7.84. The Morgan fingerprint density at radius 3 is 2.42 bits per heavy atom. The van der Waals surface area contributed by atoms with Crippen molar-refractivity contribution in [2.45, 2.75) is 46.5 Å². The molecule has 0 amide bonds. The highest BCUT2D eigenvalue weighted by atomic mass is 32.2.